The molecule has 1 atom stereocenters. The van der Waals surface area contributed by atoms with E-state index in [9.17, 15) is 4.79 Å². The molecule has 1 rings (SSSR count). The molecule has 17 heavy (non-hydrogen) atoms. The van der Waals surface area contributed by atoms with Crippen LogP contribution in [0.4, 0.5) is 5.69 Å². The molecule has 0 unspecified atom stereocenters. The molecule has 0 aromatic heterocycles. The van der Waals surface area contributed by atoms with Crippen LogP contribution in [0.5, 0.6) is 0 Å². The fraction of sp³-hybridized carbons (Fsp3) is 0.357. The van der Waals surface area contributed by atoms with Crippen molar-refractivity contribution in [1.82, 2.24) is 5.32 Å². The zero-order chi connectivity index (χ0) is 12.8. The van der Waals surface area contributed by atoms with E-state index < -0.39 is 0 Å². The Bertz CT molecular complexity index is 413. The highest BCUT2D eigenvalue weighted by Crippen LogP contribution is 2.16. The van der Waals surface area contributed by atoms with E-state index in [1.165, 1.54) is 5.56 Å². The number of aryl methyl sites for hydroxylation is 2. The van der Waals surface area contributed by atoms with E-state index in [1.807, 2.05) is 26.0 Å². The van der Waals surface area contributed by atoms with Crippen molar-refractivity contribution in [2.75, 3.05) is 11.9 Å². The normalized spacial score (nSPS) is 11.7. The summed E-state index contributed by atoms with van der Waals surface area (Å²) in [6.45, 7) is 9.99. The molecule has 1 aromatic carbocycles. The Labute approximate surface area is 103 Å². The number of anilines is 1. The van der Waals surface area contributed by atoms with E-state index in [4.69, 9.17) is 0 Å². The Kier molecular flexibility index (Phi) is 4.76. The van der Waals surface area contributed by atoms with Gasteiger partial charge in [-0.15, -0.1) is 6.58 Å². The summed E-state index contributed by atoms with van der Waals surface area (Å²) in [5, 5.41) is 5.96. The van der Waals surface area contributed by atoms with Crippen molar-refractivity contribution in [1.29, 1.82) is 0 Å². The molecule has 1 aromatic rings. The molecule has 0 fully saturated rings. The fourth-order valence-electron chi connectivity index (χ4n) is 1.60. The minimum absolute atomic E-state index is 0.0233. The minimum Gasteiger partial charge on any atom is -0.374 e. The molecule has 0 spiro atoms. The molecule has 1 amide bonds. The van der Waals surface area contributed by atoms with Gasteiger partial charge in [-0.25, -0.2) is 0 Å². The highest BCUT2D eigenvalue weighted by atomic mass is 16.2. The largest absolute Gasteiger partial charge is 0.374 e. The molecule has 92 valence electrons. The van der Waals surface area contributed by atoms with Gasteiger partial charge in [0.1, 0.15) is 6.04 Å². The standard InChI is InChI=1S/C14H20N2O/c1-5-8-15-14(17)12(4)16-13-7-6-10(2)9-11(13)3/h5-7,9,12,16H,1,8H2,2-4H3,(H,15,17)/t12-/m0/s1. The first-order valence-corrected chi connectivity index (χ1v) is 5.77. The molecular weight excluding hydrogens is 212 g/mol. The summed E-state index contributed by atoms with van der Waals surface area (Å²) >= 11 is 0. The summed E-state index contributed by atoms with van der Waals surface area (Å²) in [4.78, 5) is 11.7. The lowest BCUT2D eigenvalue weighted by Crippen LogP contribution is -2.37. The van der Waals surface area contributed by atoms with Crippen LogP contribution in [0.15, 0.2) is 30.9 Å². The van der Waals surface area contributed by atoms with E-state index >= 15 is 0 Å². The average molecular weight is 232 g/mol. The van der Waals surface area contributed by atoms with Crippen LogP contribution in [0.3, 0.4) is 0 Å². The highest BCUT2D eigenvalue weighted by molar-refractivity contribution is 5.84. The van der Waals surface area contributed by atoms with Crippen LogP contribution in [0, 0.1) is 13.8 Å². The first-order chi connectivity index (χ1) is 8.04. The van der Waals surface area contributed by atoms with Gasteiger partial charge >= 0.3 is 0 Å². The average Bonchev–Trinajstić information content (AvgIpc) is 2.29. The number of hydrogen-bond donors (Lipinski definition) is 2. The summed E-state index contributed by atoms with van der Waals surface area (Å²) in [5.41, 5.74) is 3.36. The predicted molar refractivity (Wildman–Crippen MR) is 72.2 cm³/mol. The third-order valence-corrected chi connectivity index (χ3v) is 2.57. The van der Waals surface area contributed by atoms with Crippen molar-refractivity contribution in [3.05, 3.63) is 42.0 Å². The predicted octanol–water partition coefficient (Wildman–Crippen LogP) is 2.41. The molecule has 0 aliphatic carbocycles. The van der Waals surface area contributed by atoms with Crippen molar-refractivity contribution in [2.24, 2.45) is 0 Å². The molecule has 0 aliphatic rings. The van der Waals surface area contributed by atoms with Crippen LogP contribution in [0.25, 0.3) is 0 Å². The number of nitrogens with one attached hydrogen (secondary N) is 2. The molecule has 0 saturated carbocycles. The van der Waals surface area contributed by atoms with Gasteiger partial charge in [-0.1, -0.05) is 23.8 Å². The SMILES string of the molecule is C=CCNC(=O)[C@H](C)Nc1ccc(C)cc1C. The summed E-state index contributed by atoms with van der Waals surface area (Å²) in [6.07, 6.45) is 1.67. The molecule has 3 heteroatoms. The lowest BCUT2D eigenvalue weighted by Gasteiger charge is -2.16. The van der Waals surface area contributed by atoms with Gasteiger partial charge in [0, 0.05) is 12.2 Å². The molecule has 0 heterocycles. The first kappa shape index (κ1) is 13.3. The molecule has 0 radical (unpaired) electrons. The van der Waals surface area contributed by atoms with Crippen LogP contribution in [-0.4, -0.2) is 18.5 Å². The van der Waals surface area contributed by atoms with Gasteiger partial charge in [0.05, 0.1) is 0 Å². The molecule has 3 nitrogen and oxygen atoms in total. The molecular formula is C14H20N2O. The lowest BCUT2D eigenvalue weighted by atomic mass is 10.1. The maximum atomic E-state index is 11.7. The molecule has 0 bridgehead atoms. The molecule has 0 aliphatic heterocycles. The summed E-state index contributed by atoms with van der Waals surface area (Å²) in [7, 11) is 0. The van der Waals surface area contributed by atoms with Crippen LogP contribution in [-0.2, 0) is 4.79 Å². The van der Waals surface area contributed by atoms with Crippen LogP contribution >= 0.6 is 0 Å². The van der Waals surface area contributed by atoms with Gasteiger partial charge in [0.25, 0.3) is 0 Å². The fourth-order valence-corrected chi connectivity index (χ4v) is 1.60. The molecule has 2 N–H and O–H groups in total. The summed E-state index contributed by atoms with van der Waals surface area (Å²) < 4.78 is 0. The quantitative estimate of drug-likeness (QED) is 0.765. The lowest BCUT2D eigenvalue weighted by molar-refractivity contribution is -0.121. The number of benzene rings is 1. The third kappa shape index (κ3) is 3.94. The van der Waals surface area contributed by atoms with Crippen LogP contribution < -0.4 is 10.6 Å². The molecule has 0 saturated heterocycles. The van der Waals surface area contributed by atoms with Crippen molar-refractivity contribution < 1.29 is 4.79 Å². The summed E-state index contributed by atoms with van der Waals surface area (Å²) in [5.74, 6) is -0.0233. The second kappa shape index (κ2) is 6.09. The zero-order valence-electron chi connectivity index (χ0n) is 10.7. The second-order valence-electron chi connectivity index (χ2n) is 4.22. The Morgan fingerprint density at radius 2 is 2.18 bits per heavy atom. The van der Waals surface area contributed by atoms with Crippen molar-refractivity contribution in [3.63, 3.8) is 0 Å². The van der Waals surface area contributed by atoms with Crippen molar-refractivity contribution in [3.8, 4) is 0 Å². The maximum Gasteiger partial charge on any atom is 0.242 e. The monoisotopic (exact) mass is 232 g/mol. The number of rotatable bonds is 5. The van der Waals surface area contributed by atoms with Crippen LogP contribution in [0.1, 0.15) is 18.1 Å². The first-order valence-electron chi connectivity index (χ1n) is 5.77. The number of carbonyl (C=O) groups excluding carboxylic acids is 1. The van der Waals surface area contributed by atoms with Crippen LogP contribution in [0.2, 0.25) is 0 Å². The Morgan fingerprint density at radius 3 is 2.76 bits per heavy atom. The Hall–Kier alpha value is -1.77. The van der Waals surface area contributed by atoms with Crippen molar-refractivity contribution >= 4 is 11.6 Å². The second-order valence-corrected chi connectivity index (χ2v) is 4.22. The number of hydrogen-bond acceptors (Lipinski definition) is 2. The zero-order valence-corrected chi connectivity index (χ0v) is 10.7. The minimum atomic E-state index is -0.253. The van der Waals surface area contributed by atoms with Gasteiger partial charge in [0.15, 0.2) is 0 Å². The van der Waals surface area contributed by atoms with Crippen molar-refractivity contribution in [2.45, 2.75) is 26.8 Å². The maximum absolute atomic E-state index is 11.7. The van der Waals surface area contributed by atoms with Gasteiger partial charge < -0.3 is 10.6 Å². The van der Waals surface area contributed by atoms with Gasteiger partial charge in [-0.05, 0) is 32.4 Å². The number of carbonyl (C=O) groups is 1. The van der Waals surface area contributed by atoms with E-state index in [0.29, 0.717) is 6.54 Å². The number of amides is 1. The van der Waals surface area contributed by atoms with E-state index in [-0.39, 0.29) is 11.9 Å². The third-order valence-electron chi connectivity index (χ3n) is 2.57. The van der Waals surface area contributed by atoms with E-state index in [2.05, 4.69) is 30.2 Å². The van der Waals surface area contributed by atoms with Gasteiger partial charge in [-0.2, -0.15) is 0 Å². The van der Waals surface area contributed by atoms with Gasteiger partial charge in [0.2, 0.25) is 5.91 Å². The summed E-state index contributed by atoms with van der Waals surface area (Å²) in [6, 6.07) is 5.87. The van der Waals surface area contributed by atoms with E-state index in [1.54, 1.807) is 6.08 Å². The smallest absolute Gasteiger partial charge is 0.242 e. The van der Waals surface area contributed by atoms with Gasteiger partial charge in [-0.3, -0.25) is 4.79 Å². The van der Waals surface area contributed by atoms with E-state index in [0.717, 1.165) is 11.3 Å². The highest BCUT2D eigenvalue weighted by Gasteiger charge is 2.12. The Morgan fingerprint density at radius 1 is 1.47 bits per heavy atom. The topological polar surface area (TPSA) is 41.1 Å². The Balaban J connectivity index is 2.64.